The van der Waals surface area contributed by atoms with E-state index in [4.69, 9.17) is 4.94 Å². The van der Waals surface area contributed by atoms with E-state index in [-0.39, 0.29) is 0 Å². The van der Waals surface area contributed by atoms with Crippen molar-refractivity contribution in [3.63, 3.8) is 0 Å². The molecule has 1 rings (SSSR count). The number of hydrogen-bond donors (Lipinski definition) is 0. The van der Waals surface area contributed by atoms with Gasteiger partial charge in [0.2, 0.25) is 0 Å². The molecular weight excluding hydrogens is 116 g/mol. The van der Waals surface area contributed by atoms with E-state index in [1.165, 1.54) is 0 Å². The molecule has 0 aromatic heterocycles. The van der Waals surface area contributed by atoms with Gasteiger partial charge in [-0.3, -0.25) is 0 Å². The minimum absolute atomic E-state index is 1.16. The van der Waals surface area contributed by atoms with Crippen LogP contribution in [-0.2, 0) is 4.94 Å². The molecule has 52 valence electrons. The first-order valence-corrected chi connectivity index (χ1v) is 2.96. The summed E-state index contributed by atoms with van der Waals surface area (Å²) in [6.07, 6.45) is 0. The molecule has 0 amide bonds. The van der Waals surface area contributed by atoms with Crippen molar-refractivity contribution >= 4 is 0 Å². The highest BCUT2D eigenvalue weighted by Gasteiger charge is 2.17. The molecule has 1 aliphatic heterocycles. The average molecular weight is 128 g/mol. The van der Waals surface area contributed by atoms with Crippen molar-refractivity contribution in [2.24, 2.45) is 0 Å². The summed E-state index contributed by atoms with van der Waals surface area (Å²) in [5.74, 6) is 0. The van der Waals surface area contributed by atoms with Gasteiger partial charge in [0.05, 0.1) is 11.4 Å². The van der Waals surface area contributed by atoms with Crippen LogP contribution in [0.25, 0.3) is 0 Å². The fraction of sp³-hybridized carbons (Fsp3) is 0.667. The first-order chi connectivity index (χ1) is 4.13. The lowest BCUT2D eigenvalue weighted by atomic mass is 10.4. The molecule has 1 aliphatic rings. The third-order valence-electron chi connectivity index (χ3n) is 1.71. The van der Waals surface area contributed by atoms with Crippen molar-refractivity contribution in [1.29, 1.82) is 0 Å². The molecule has 0 atom stereocenters. The van der Waals surface area contributed by atoms with Crippen LogP contribution in [0, 0.1) is 0 Å². The molecule has 0 unspecified atom stereocenters. The Morgan fingerprint density at radius 2 is 1.33 bits per heavy atom. The zero-order chi connectivity index (χ0) is 7.02. The second-order valence-corrected chi connectivity index (χ2v) is 2.25. The van der Waals surface area contributed by atoms with E-state index < -0.39 is 0 Å². The number of hydroxylamine groups is 4. The minimum Gasteiger partial charge on any atom is -0.235 e. The van der Waals surface area contributed by atoms with Crippen LogP contribution in [0.15, 0.2) is 11.4 Å². The largest absolute Gasteiger partial charge is 0.235 e. The van der Waals surface area contributed by atoms with E-state index in [2.05, 4.69) is 0 Å². The lowest BCUT2D eigenvalue weighted by molar-refractivity contribution is -0.243. The molecule has 3 nitrogen and oxygen atoms in total. The van der Waals surface area contributed by atoms with Crippen LogP contribution in [-0.4, -0.2) is 24.2 Å². The molecule has 0 bridgehead atoms. The summed E-state index contributed by atoms with van der Waals surface area (Å²) >= 11 is 0. The van der Waals surface area contributed by atoms with Gasteiger partial charge in [-0.25, -0.2) is 10.1 Å². The third kappa shape index (κ3) is 0.876. The minimum atomic E-state index is 1.16. The second kappa shape index (κ2) is 1.92. The van der Waals surface area contributed by atoms with Gasteiger partial charge in [0.1, 0.15) is 0 Å². The molecule has 0 N–H and O–H groups in total. The molecule has 0 spiro atoms. The Labute approximate surface area is 55.4 Å². The Hall–Kier alpha value is -0.700. The van der Waals surface area contributed by atoms with Crippen LogP contribution in [0.2, 0.25) is 0 Å². The molecule has 0 aromatic carbocycles. The standard InChI is InChI=1S/C6H12N2O/c1-5-6(2)8(4)9-7(5)3/h1-4H3. The van der Waals surface area contributed by atoms with E-state index >= 15 is 0 Å². The van der Waals surface area contributed by atoms with Crippen molar-refractivity contribution < 1.29 is 4.94 Å². The van der Waals surface area contributed by atoms with Gasteiger partial charge < -0.3 is 0 Å². The molecule has 0 fully saturated rings. The molecule has 1 heterocycles. The van der Waals surface area contributed by atoms with E-state index in [1.807, 2.05) is 27.9 Å². The zero-order valence-electron chi connectivity index (χ0n) is 6.30. The number of hydrogen-bond acceptors (Lipinski definition) is 3. The quantitative estimate of drug-likeness (QED) is 0.483. The molecule has 0 aliphatic carbocycles. The molecule has 9 heavy (non-hydrogen) atoms. The number of rotatable bonds is 0. The van der Waals surface area contributed by atoms with E-state index in [9.17, 15) is 0 Å². The maximum atomic E-state index is 5.18. The topological polar surface area (TPSA) is 15.7 Å². The molecular formula is C6H12N2O. The fourth-order valence-corrected chi connectivity index (χ4v) is 0.762. The van der Waals surface area contributed by atoms with Gasteiger partial charge in [-0.15, -0.1) is 0 Å². The highest BCUT2D eigenvalue weighted by Crippen LogP contribution is 2.19. The first kappa shape index (κ1) is 6.42. The van der Waals surface area contributed by atoms with E-state index in [0.717, 1.165) is 11.4 Å². The smallest absolute Gasteiger partial charge is 0.0613 e. The summed E-state index contributed by atoms with van der Waals surface area (Å²) in [7, 11) is 3.78. The van der Waals surface area contributed by atoms with Crippen molar-refractivity contribution in [3.05, 3.63) is 11.4 Å². The Morgan fingerprint density at radius 3 is 1.44 bits per heavy atom. The first-order valence-electron chi connectivity index (χ1n) is 2.96. The summed E-state index contributed by atoms with van der Waals surface area (Å²) < 4.78 is 0. The lowest BCUT2D eigenvalue weighted by Gasteiger charge is -2.12. The van der Waals surface area contributed by atoms with Crippen molar-refractivity contribution in [3.8, 4) is 0 Å². The van der Waals surface area contributed by atoms with Gasteiger partial charge in [0, 0.05) is 14.1 Å². The SMILES string of the molecule is CC1=C(C)N(C)ON1C. The van der Waals surface area contributed by atoms with Crippen molar-refractivity contribution in [2.45, 2.75) is 13.8 Å². The Kier molecular flexibility index (Phi) is 1.37. The molecule has 0 saturated heterocycles. The Bertz CT molecular complexity index is 137. The monoisotopic (exact) mass is 128 g/mol. The van der Waals surface area contributed by atoms with Crippen LogP contribution in [0.3, 0.4) is 0 Å². The van der Waals surface area contributed by atoms with Crippen molar-refractivity contribution in [2.75, 3.05) is 14.1 Å². The van der Waals surface area contributed by atoms with Gasteiger partial charge in [-0.1, -0.05) is 0 Å². The highest BCUT2D eigenvalue weighted by atomic mass is 16.8. The third-order valence-corrected chi connectivity index (χ3v) is 1.71. The summed E-state index contributed by atoms with van der Waals surface area (Å²) in [6.45, 7) is 4.05. The summed E-state index contributed by atoms with van der Waals surface area (Å²) in [5, 5.41) is 3.49. The van der Waals surface area contributed by atoms with Crippen LogP contribution in [0.1, 0.15) is 13.8 Å². The van der Waals surface area contributed by atoms with E-state index in [0.29, 0.717) is 0 Å². The summed E-state index contributed by atoms with van der Waals surface area (Å²) in [6, 6.07) is 0. The van der Waals surface area contributed by atoms with Crippen molar-refractivity contribution in [1.82, 2.24) is 10.1 Å². The second-order valence-electron chi connectivity index (χ2n) is 2.25. The van der Waals surface area contributed by atoms with E-state index in [1.54, 1.807) is 10.1 Å². The number of allylic oxidation sites excluding steroid dienone is 2. The summed E-state index contributed by atoms with van der Waals surface area (Å²) in [5.41, 5.74) is 2.33. The predicted octanol–water partition coefficient (Wildman–Crippen LogP) is 0.962. The van der Waals surface area contributed by atoms with Gasteiger partial charge in [-0.2, -0.15) is 4.94 Å². The molecule has 3 heteroatoms. The van der Waals surface area contributed by atoms with Gasteiger partial charge in [-0.05, 0) is 13.8 Å². The maximum absolute atomic E-state index is 5.18. The molecule has 0 radical (unpaired) electrons. The Balaban J connectivity index is 2.79. The maximum Gasteiger partial charge on any atom is 0.0613 e. The van der Waals surface area contributed by atoms with Crippen LogP contribution >= 0.6 is 0 Å². The normalized spacial score (nSPS) is 20.0. The summed E-state index contributed by atoms with van der Waals surface area (Å²) in [4.78, 5) is 5.18. The molecule has 0 aromatic rings. The highest BCUT2D eigenvalue weighted by molar-refractivity contribution is 5.06. The molecule has 0 saturated carbocycles. The average Bonchev–Trinajstić information content (AvgIpc) is 1.98. The van der Waals surface area contributed by atoms with Crippen LogP contribution in [0.4, 0.5) is 0 Å². The fourth-order valence-electron chi connectivity index (χ4n) is 0.762. The Morgan fingerprint density at radius 1 is 1.00 bits per heavy atom. The van der Waals surface area contributed by atoms with Gasteiger partial charge in [0.25, 0.3) is 0 Å². The predicted molar refractivity (Wildman–Crippen MR) is 35.0 cm³/mol. The number of nitrogens with zero attached hydrogens (tertiary/aromatic N) is 2. The van der Waals surface area contributed by atoms with Gasteiger partial charge >= 0.3 is 0 Å². The van der Waals surface area contributed by atoms with Gasteiger partial charge in [0.15, 0.2) is 0 Å². The lowest BCUT2D eigenvalue weighted by Crippen LogP contribution is -2.17. The van der Waals surface area contributed by atoms with Crippen LogP contribution < -0.4 is 0 Å². The van der Waals surface area contributed by atoms with Crippen LogP contribution in [0.5, 0.6) is 0 Å². The zero-order valence-corrected chi connectivity index (χ0v) is 6.30.